The van der Waals surface area contributed by atoms with Crippen molar-refractivity contribution in [1.29, 1.82) is 0 Å². The van der Waals surface area contributed by atoms with Crippen LogP contribution in [0.2, 0.25) is 0 Å². The normalized spacial score (nSPS) is 42.2. The van der Waals surface area contributed by atoms with E-state index >= 15 is 0 Å². The van der Waals surface area contributed by atoms with Gasteiger partial charge in [0, 0.05) is 25.6 Å². The third-order valence-electron chi connectivity index (χ3n) is 6.31. The van der Waals surface area contributed by atoms with Gasteiger partial charge < -0.3 is 15.4 Å². The number of urea groups is 1. The number of nitrogens with two attached hydrogens (primary N) is 1. The van der Waals surface area contributed by atoms with Crippen LogP contribution >= 0.6 is 0 Å². The van der Waals surface area contributed by atoms with Crippen LogP contribution in [0.15, 0.2) is 0 Å². The average Bonchev–Trinajstić information content (AvgIpc) is 2.59. The molecule has 2 saturated heterocycles. The van der Waals surface area contributed by atoms with E-state index < -0.39 is 5.54 Å². The molecule has 0 radical (unpaired) electrons. The van der Waals surface area contributed by atoms with Gasteiger partial charge in [-0.2, -0.15) is 0 Å². The molecule has 4 rings (SSSR count). The van der Waals surface area contributed by atoms with Crippen molar-refractivity contribution in [3.05, 3.63) is 0 Å². The lowest BCUT2D eigenvalue weighted by atomic mass is 9.51. The monoisotopic (exact) mass is 307 g/mol. The van der Waals surface area contributed by atoms with Crippen LogP contribution in [0.1, 0.15) is 38.5 Å². The molecule has 2 aliphatic heterocycles. The van der Waals surface area contributed by atoms with E-state index in [0.29, 0.717) is 31.7 Å². The Labute approximate surface area is 130 Å². The summed E-state index contributed by atoms with van der Waals surface area (Å²) in [5.41, 5.74) is 5.69. The maximum Gasteiger partial charge on any atom is 0.327 e. The molecule has 0 aromatic rings. The zero-order valence-corrected chi connectivity index (χ0v) is 13.2. The molecule has 4 fully saturated rings. The zero-order valence-electron chi connectivity index (χ0n) is 13.2. The van der Waals surface area contributed by atoms with Gasteiger partial charge in [0.2, 0.25) is 0 Å². The maximum atomic E-state index is 12.7. The first-order chi connectivity index (χ1) is 10.5. The number of nitrogens with zero attached hydrogens (tertiary/aromatic N) is 2. The fourth-order valence-electron chi connectivity index (χ4n) is 4.92. The Hall–Kier alpha value is -1.14. The number of carbonyl (C=O) groups excluding carboxylic acids is 2. The van der Waals surface area contributed by atoms with Crippen molar-refractivity contribution >= 4 is 11.9 Å². The zero-order chi connectivity index (χ0) is 15.5. The smallest absolute Gasteiger partial charge is 0.327 e. The van der Waals surface area contributed by atoms with Crippen molar-refractivity contribution in [2.45, 2.75) is 50.1 Å². The lowest BCUT2D eigenvalue weighted by Crippen LogP contribution is -2.65. The molecule has 2 heterocycles. The summed E-state index contributed by atoms with van der Waals surface area (Å²) in [6.07, 6.45) is 5.95. The largest absolute Gasteiger partial charge is 0.381 e. The Morgan fingerprint density at radius 3 is 2.41 bits per heavy atom. The molecule has 2 spiro atoms. The van der Waals surface area contributed by atoms with Crippen molar-refractivity contribution in [2.75, 3.05) is 26.8 Å². The topological polar surface area (TPSA) is 75.9 Å². The first-order valence-electron chi connectivity index (χ1n) is 8.39. The highest BCUT2D eigenvalue weighted by molar-refractivity contribution is 6.07. The molecule has 0 aromatic heterocycles. The average molecular weight is 307 g/mol. The number of likely N-dealkylation sites (N-methyl/N-ethyl adjacent to an activating group) is 1. The first kappa shape index (κ1) is 14.5. The summed E-state index contributed by atoms with van der Waals surface area (Å²) in [7, 11) is 1.62. The minimum atomic E-state index is -0.567. The van der Waals surface area contributed by atoms with Gasteiger partial charge in [0.15, 0.2) is 0 Å². The van der Waals surface area contributed by atoms with Crippen LogP contribution in [-0.4, -0.2) is 60.1 Å². The van der Waals surface area contributed by atoms with Gasteiger partial charge in [-0.1, -0.05) is 0 Å². The SMILES string of the molecule is CN1C(=O)N(CC2COC2)C2(CC3(CCC(N)CC3)C2)C1=O. The summed E-state index contributed by atoms with van der Waals surface area (Å²) < 4.78 is 5.23. The molecule has 22 heavy (non-hydrogen) atoms. The minimum absolute atomic E-state index is 0.00163. The van der Waals surface area contributed by atoms with Gasteiger partial charge in [0.25, 0.3) is 5.91 Å². The molecule has 2 saturated carbocycles. The van der Waals surface area contributed by atoms with Gasteiger partial charge in [0.05, 0.1) is 13.2 Å². The third kappa shape index (κ3) is 1.86. The summed E-state index contributed by atoms with van der Waals surface area (Å²) in [5.74, 6) is 0.384. The lowest BCUT2D eigenvalue weighted by Gasteiger charge is -2.58. The van der Waals surface area contributed by atoms with E-state index in [1.807, 2.05) is 4.90 Å². The molecule has 6 heteroatoms. The van der Waals surface area contributed by atoms with Crippen LogP contribution in [0.3, 0.4) is 0 Å². The summed E-state index contributed by atoms with van der Waals surface area (Å²) >= 11 is 0. The number of carbonyl (C=O) groups is 2. The summed E-state index contributed by atoms with van der Waals surface area (Å²) in [6, 6.07) is 0.188. The molecule has 2 N–H and O–H groups in total. The highest BCUT2D eigenvalue weighted by Gasteiger charge is 2.67. The van der Waals surface area contributed by atoms with Crippen molar-refractivity contribution in [2.24, 2.45) is 17.1 Å². The van der Waals surface area contributed by atoms with Gasteiger partial charge in [-0.05, 0) is 43.9 Å². The third-order valence-corrected chi connectivity index (χ3v) is 6.31. The number of imide groups is 1. The van der Waals surface area contributed by atoms with E-state index in [0.717, 1.165) is 38.5 Å². The van der Waals surface area contributed by atoms with Crippen LogP contribution < -0.4 is 5.73 Å². The van der Waals surface area contributed by atoms with Crippen molar-refractivity contribution in [3.8, 4) is 0 Å². The quantitative estimate of drug-likeness (QED) is 0.771. The Kier molecular flexibility index (Phi) is 3.07. The van der Waals surface area contributed by atoms with Gasteiger partial charge in [0.1, 0.15) is 5.54 Å². The van der Waals surface area contributed by atoms with Crippen molar-refractivity contribution in [3.63, 3.8) is 0 Å². The lowest BCUT2D eigenvalue weighted by molar-refractivity contribution is -0.151. The van der Waals surface area contributed by atoms with Crippen LogP contribution in [-0.2, 0) is 9.53 Å². The van der Waals surface area contributed by atoms with Crippen LogP contribution in [0.25, 0.3) is 0 Å². The van der Waals surface area contributed by atoms with Gasteiger partial charge in [-0.3, -0.25) is 9.69 Å². The highest BCUT2D eigenvalue weighted by Crippen LogP contribution is 2.61. The second kappa shape index (κ2) is 4.68. The Morgan fingerprint density at radius 1 is 1.23 bits per heavy atom. The molecule has 2 aliphatic carbocycles. The number of amides is 3. The van der Waals surface area contributed by atoms with E-state index in [1.54, 1.807) is 7.05 Å². The fourth-order valence-corrected chi connectivity index (χ4v) is 4.92. The predicted molar refractivity (Wildman–Crippen MR) is 80.0 cm³/mol. The molecule has 0 aromatic carbocycles. The van der Waals surface area contributed by atoms with Crippen molar-refractivity contribution in [1.82, 2.24) is 9.80 Å². The van der Waals surface area contributed by atoms with Gasteiger partial charge in [-0.15, -0.1) is 0 Å². The van der Waals surface area contributed by atoms with Crippen LogP contribution in [0.5, 0.6) is 0 Å². The van der Waals surface area contributed by atoms with E-state index in [1.165, 1.54) is 4.90 Å². The summed E-state index contributed by atoms with van der Waals surface area (Å²) in [5, 5.41) is 0. The molecule has 122 valence electrons. The number of hydrogen-bond donors (Lipinski definition) is 1. The molecule has 6 nitrogen and oxygen atoms in total. The van der Waals surface area contributed by atoms with E-state index in [2.05, 4.69) is 0 Å². The Morgan fingerprint density at radius 2 is 1.86 bits per heavy atom. The summed E-state index contributed by atoms with van der Waals surface area (Å²) in [6.45, 7) is 2.07. The van der Waals surface area contributed by atoms with Crippen LogP contribution in [0, 0.1) is 11.3 Å². The molecule has 3 amide bonds. The second-order valence-electron chi connectivity index (χ2n) is 7.88. The van der Waals surface area contributed by atoms with E-state index in [9.17, 15) is 9.59 Å². The van der Waals surface area contributed by atoms with E-state index in [-0.39, 0.29) is 17.4 Å². The fraction of sp³-hybridized carbons (Fsp3) is 0.875. The number of rotatable bonds is 2. The van der Waals surface area contributed by atoms with Crippen molar-refractivity contribution < 1.29 is 14.3 Å². The first-order valence-corrected chi connectivity index (χ1v) is 8.39. The molecule has 0 atom stereocenters. The Balaban J connectivity index is 1.53. The number of hydrogen-bond acceptors (Lipinski definition) is 4. The Bertz CT molecular complexity index is 501. The predicted octanol–water partition coefficient (Wildman–Crippen LogP) is 0.947. The molecular weight excluding hydrogens is 282 g/mol. The number of ether oxygens (including phenoxy) is 1. The van der Waals surface area contributed by atoms with Crippen LogP contribution in [0.4, 0.5) is 4.79 Å². The standard InChI is InChI=1S/C16H25N3O3/c1-18-13(20)16(19(14(18)21)6-11-7-22-8-11)9-15(10-16)4-2-12(17)3-5-15/h11-12H,2-10,17H2,1H3. The van der Waals surface area contributed by atoms with Gasteiger partial charge >= 0.3 is 6.03 Å². The minimum Gasteiger partial charge on any atom is -0.381 e. The van der Waals surface area contributed by atoms with E-state index in [4.69, 9.17) is 10.5 Å². The maximum absolute atomic E-state index is 12.7. The molecule has 4 aliphatic rings. The molecule has 0 unspecified atom stereocenters. The molecule has 0 bridgehead atoms. The second-order valence-corrected chi connectivity index (χ2v) is 7.88. The summed E-state index contributed by atoms with van der Waals surface area (Å²) in [4.78, 5) is 28.4. The molecular formula is C16H25N3O3. The highest BCUT2D eigenvalue weighted by atomic mass is 16.5. The van der Waals surface area contributed by atoms with Gasteiger partial charge in [-0.25, -0.2) is 4.79 Å².